The van der Waals surface area contributed by atoms with Crippen molar-refractivity contribution in [2.75, 3.05) is 6.54 Å². The quantitative estimate of drug-likeness (QED) is 0.872. The molecule has 7 heteroatoms. The summed E-state index contributed by atoms with van der Waals surface area (Å²) in [6.45, 7) is 1.92. The van der Waals surface area contributed by atoms with E-state index in [0.29, 0.717) is 11.4 Å². The third-order valence-electron chi connectivity index (χ3n) is 3.60. The van der Waals surface area contributed by atoms with E-state index in [0.717, 1.165) is 28.2 Å². The van der Waals surface area contributed by atoms with Gasteiger partial charge in [0.05, 0.1) is 4.91 Å². The highest BCUT2D eigenvalue weighted by Gasteiger charge is 2.33. The van der Waals surface area contributed by atoms with Crippen LogP contribution in [0, 0.1) is 0 Å². The Morgan fingerprint density at radius 1 is 1.30 bits per heavy atom. The topological polar surface area (TPSA) is 79.6 Å². The van der Waals surface area contributed by atoms with Crippen molar-refractivity contribution in [1.82, 2.24) is 9.47 Å². The summed E-state index contributed by atoms with van der Waals surface area (Å²) in [5.74, 6) is -1.25. The van der Waals surface area contributed by atoms with Crippen molar-refractivity contribution < 1.29 is 19.5 Å². The molecular weight excluding hydrogens is 316 g/mol. The van der Waals surface area contributed by atoms with Crippen LogP contribution in [0.5, 0.6) is 0 Å². The Bertz CT molecular complexity index is 853. The molecule has 1 aliphatic rings. The molecule has 1 saturated heterocycles. The van der Waals surface area contributed by atoms with Gasteiger partial charge in [0.15, 0.2) is 0 Å². The van der Waals surface area contributed by atoms with Crippen LogP contribution in [0.15, 0.2) is 35.4 Å². The lowest BCUT2D eigenvalue weighted by Gasteiger charge is -2.06. The first-order chi connectivity index (χ1) is 11.0. The number of imide groups is 1. The molecule has 6 nitrogen and oxygen atoms in total. The fraction of sp³-hybridized carbons (Fsp3) is 0.188. The van der Waals surface area contributed by atoms with E-state index in [1.807, 2.05) is 24.3 Å². The maximum atomic E-state index is 12.2. The van der Waals surface area contributed by atoms with Gasteiger partial charge in [-0.2, -0.15) is 0 Å². The van der Waals surface area contributed by atoms with Crippen LogP contribution in [0.4, 0.5) is 4.79 Å². The lowest BCUT2D eigenvalue weighted by molar-refractivity contribution is -0.137. The molecule has 23 heavy (non-hydrogen) atoms. The number of para-hydroxylation sites is 1. The molecule has 1 aliphatic heterocycles. The van der Waals surface area contributed by atoms with Crippen LogP contribution < -0.4 is 0 Å². The first-order valence-corrected chi connectivity index (χ1v) is 7.88. The molecule has 0 saturated carbocycles. The van der Waals surface area contributed by atoms with Gasteiger partial charge >= 0.3 is 5.97 Å². The first-order valence-electron chi connectivity index (χ1n) is 7.06. The van der Waals surface area contributed by atoms with E-state index >= 15 is 0 Å². The third kappa shape index (κ3) is 2.75. The Hall–Kier alpha value is -2.54. The third-order valence-corrected chi connectivity index (χ3v) is 4.51. The van der Waals surface area contributed by atoms with Crippen molar-refractivity contribution in [2.24, 2.45) is 0 Å². The van der Waals surface area contributed by atoms with Gasteiger partial charge in [0.1, 0.15) is 6.54 Å². The second-order valence-corrected chi connectivity index (χ2v) is 6.04. The van der Waals surface area contributed by atoms with Crippen LogP contribution in [-0.2, 0) is 16.1 Å². The average Bonchev–Trinajstić information content (AvgIpc) is 2.98. The number of carboxylic acid groups (broad SMARTS) is 1. The smallest absolute Gasteiger partial charge is 0.323 e. The van der Waals surface area contributed by atoms with E-state index in [-0.39, 0.29) is 17.7 Å². The molecule has 0 unspecified atom stereocenters. The molecule has 1 fully saturated rings. The molecule has 2 heterocycles. The van der Waals surface area contributed by atoms with E-state index in [2.05, 4.69) is 0 Å². The number of benzene rings is 1. The Kier molecular flexibility index (Phi) is 3.96. The van der Waals surface area contributed by atoms with Crippen LogP contribution in [0.3, 0.4) is 0 Å². The number of fused-ring (bicyclic) bond motifs is 1. The van der Waals surface area contributed by atoms with E-state index in [1.165, 1.54) is 4.90 Å². The number of amides is 2. The Balaban J connectivity index is 2.07. The molecule has 0 radical (unpaired) electrons. The van der Waals surface area contributed by atoms with Crippen LogP contribution in [0.1, 0.15) is 12.5 Å². The number of nitrogens with zero attached hydrogens (tertiary/aromatic N) is 2. The fourth-order valence-corrected chi connectivity index (χ4v) is 3.47. The van der Waals surface area contributed by atoms with Gasteiger partial charge in [-0.25, -0.2) is 0 Å². The van der Waals surface area contributed by atoms with Crippen molar-refractivity contribution in [1.29, 1.82) is 0 Å². The number of rotatable bonds is 4. The van der Waals surface area contributed by atoms with Crippen molar-refractivity contribution in [3.63, 3.8) is 0 Å². The van der Waals surface area contributed by atoms with Crippen LogP contribution >= 0.6 is 11.8 Å². The Morgan fingerprint density at radius 2 is 2.04 bits per heavy atom. The Morgan fingerprint density at radius 3 is 2.70 bits per heavy atom. The van der Waals surface area contributed by atoms with Crippen molar-refractivity contribution in [2.45, 2.75) is 13.5 Å². The molecule has 118 valence electrons. The minimum absolute atomic E-state index is 0.162. The number of thioether (sulfide) groups is 1. The molecule has 2 amide bonds. The minimum Gasteiger partial charge on any atom is -0.480 e. The van der Waals surface area contributed by atoms with Crippen LogP contribution in [0.2, 0.25) is 0 Å². The summed E-state index contributed by atoms with van der Waals surface area (Å²) < 4.78 is 1.62. The zero-order valence-electron chi connectivity index (χ0n) is 12.4. The molecular formula is C16H14N2O4S. The van der Waals surface area contributed by atoms with Gasteiger partial charge in [-0.3, -0.25) is 19.3 Å². The zero-order valence-corrected chi connectivity index (χ0v) is 13.2. The fourth-order valence-electron chi connectivity index (χ4n) is 2.58. The van der Waals surface area contributed by atoms with E-state index < -0.39 is 5.97 Å². The number of carboxylic acids is 1. The van der Waals surface area contributed by atoms with Gasteiger partial charge in [0.25, 0.3) is 11.1 Å². The summed E-state index contributed by atoms with van der Waals surface area (Å²) in [6.07, 6.45) is 3.35. The zero-order chi connectivity index (χ0) is 16.6. The number of carbonyl (C=O) groups is 3. The molecule has 2 aromatic rings. The average molecular weight is 330 g/mol. The van der Waals surface area contributed by atoms with E-state index in [1.54, 1.807) is 23.8 Å². The number of carbonyl (C=O) groups excluding carboxylic acids is 2. The highest BCUT2D eigenvalue weighted by atomic mass is 32.2. The summed E-state index contributed by atoms with van der Waals surface area (Å²) in [5, 5.41) is 9.58. The molecule has 3 rings (SSSR count). The van der Waals surface area contributed by atoms with Crippen LogP contribution in [0.25, 0.3) is 17.0 Å². The predicted octanol–water partition coefficient (Wildman–Crippen LogP) is 2.78. The van der Waals surface area contributed by atoms with Gasteiger partial charge < -0.3 is 9.67 Å². The van der Waals surface area contributed by atoms with Crippen molar-refractivity contribution >= 4 is 45.9 Å². The van der Waals surface area contributed by atoms with Gasteiger partial charge in [-0.05, 0) is 30.8 Å². The second-order valence-electron chi connectivity index (χ2n) is 5.05. The first kappa shape index (κ1) is 15.4. The maximum absolute atomic E-state index is 12.2. The van der Waals surface area contributed by atoms with Gasteiger partial charge in [0, 0.05) is 29.2 Å². The molecule has 1 N–H and O–H groups in total. The van der Waals surface area contributed by atoms with Gasteiger partial charge in [-0.1, -0.05) is 18.2 Å². The molecule has 0 atom stereocenters. The second kappa shape index (κ2) is 5.92. The lowest BCUT2D eigenvalue weighted by atomic mass is 10.1. The number of likely N-dealkylation sites (N-methyl/N-ethyl adjacent to an activating group) is 1. The molecule has 0 spiro atoms. The van der Waals surface area contributed by atoms with E-state index in [4.69, 9.17) is 5.11 Å². The molecule has 1 aromatic heterocycles. The highest BCUT2D eigenvalue weighted by molar-refractivity contribution is 8.18. The van der Waals surface area contributed by atoms with Crippen molar-refractivity contribution in [3.8, 4) is 0 Å². The highest BCUT2D eigenvalue weighted by Crippen LogP contribution is 2.33. The van der Waals surface area contributed by atoms with Crippen LogP contribution in [-0.4, -0.2) is 38.2 Å². The summed E-state index contributed by atoms with van der Waals surface area (Å²) in [4.78, 5) is 36.5. The number of hydrogen-bond donors (Lipinski definition) is 1. The molecule has 0 bridgehead atoms. The standard InChI is InChI=1S/C16H14N2O4S/c1-2-18-15(21)13(23-16(18)22)7-10-8-17(9-14(19)20)12-6-4-3-5-11(10)12/h3-8H,2,9H2,1H3,(H,19,20)/b13-7+. The van der Waals surface area contributed by atoms with Gasteiger partial charge in [0.2, 0.25) is 0 Å². The monoisotopic (exact) mass is 330 g/mol. The Labute approximate surface area is 136 Å². The summed E-state index contributed by atoms with van der Waals surface area (Å²) in [5.41, 5.74) is 1.50. The van der Waals surface area contributed by atoms with Crippen molar-refractivity contribution in [3.05, 3.63) is 40.9 Å². The normalized spacial score (nSPS) is 16.7. The number of aliphatic carboxylic acids is 1. The number of aromatic nitrogens is 1. The largest absolute Gasteiger partial charge is 0.480 e. The molecule has 1 aromatic carbocycles. The summed E-state index contributed by atoms with van der Waals surface area (Å²) >= 11 is 0.906. The van der Waals surface area contributed by atoms with E-state index in [9.17, 15) is 14.4 Å². The maximum Gasteiger partial charge on any atom is 0.323 e. The molecule has 0 aliphatic carbocycles. The lowest BCUT2D eigenvalue weighted by Crippen LogP contribution is -2.27. The summed E-state index contributed by atoms with van der Waals surface area (Å²) in [7, 11) is 0. The summed E-state index contributed by atoms with van der Waals surface area (Å²) in [6, 6.07) is 7.37. The van der Waals surface area contributed by atoms with Gasteiger partial charge in [-0.15, -0.1) is 0 Å². The number of hydrogen-bond acceptors (Lipinski definition) is 4. The SMILES string of the molecule is CCN1C(=O)S/C(=C/c2cn(CC(=O)O)c3ccccc23)C1=O. The predicted molar refractivity (Wildman–Crippen MR) is 87.9 cm³/mol. The minimum atomic E-state index is -0.941.